The van der Waals surface area contributed by atoms with Gasteiger partial charge in [0.05, 0.1) is 0 Å². The Labute approximate surface area is 131 Å². The molecule has 0 unspecified atom stereocenters. The third kappa shape index (κ3) is 3.50. The molecule has 0 spiro atoms. The summed E-state index contributed by atoms with van der Waals surface area (Å²) in [5, 5.41) is 1.75. The maximum atomic E-state index is 6.08. The summed E-state index contributed by atoms with van der Waals surface area (Å²) in [6, 6.07) is 11.6. The zero-order valence-corrected chi connectivity index (χ0v) is 14.4. The van der Waals surface area contributed by atoms with Gasteiger partial charge in [-0.2, -0.15) is 0 Å². The van der Waals surface area contributed by atoms with Gasteiger partial charge in [-0.25, -0.2) is 0 Å². The third-order valence-electron chi connectivity index (χ3n) is 3.03. The normalized spacial score (nSPS) is 11.0. The summed E-state index contributed by atoms with van der Waals surface area (Å²) in [7, 11) is 1.66. The van der Waals surface area contributed by atoms with Crippen LogP contribution in [0.2, 0.25) is 10.7 Å². The predicted octanol–water partition coefficient (Wildman–Crippen LogP) is 4.70. The first kappa shape index (κ1) is 15.3. The van der Waals surface area contributed by atoms with Gasteiger partial charge in [0.25, 0.3) is 0 Å². The Kier molecular flexibility index (Phi) is 5.39. The molecular weight excluding hydrogens is 335 g/mol. The SMILES string of the molecule is COc1cccc(Oc2cc(Cl)ccc2C[As]C)c1C. The molecule has 0 saturated heterocycles. The number of halogens is 1. The average molecular weight is 352 g/mol. The zero-order chi connectivity index (χ0) is 14.5. The molecule has 105 valence electrons. The van der Waals surface area contributed by atoms with Gasteiger partial charge in [0.1, 0.15) is 0 Å². The summed E-state index contributed by atoms with van der Waals surface area (Å²) in [5.41, 5.74) is 4.44. The molecule has 0 aliphatic heterocycles. The van der Waals surface area contributed by atoms with E-state index < -0.39 is 0 Å². The average Bonchev–Trinajstić information content (AvgIpc) is 2.44. The molecule has 2 aromatic carbocycles. The Bertz CT molecular complexity index is 599. The van der Waals surface area contributed by atoms with Gasteiger partial charge < -0.3 is 0 Å². The van der Waals surface area contributed by atoms with Crippen molar-refractivity contribution < 1.29 is 9.47 Å². The van der Waals surface area contributed by atoms with Crippen LogP contribution in [0.3, 0.4) is 0 Å². The van der Waals surface area contributed by atoms with Gasteiger partial charge in [-0.15, -0.1) is 0 Å². The van der Waals surface area contributed by atoms with Crippen LogP contribution >= 0.6 is 11.6 Å². The van der Waals surface area contributed by atoms with Crippen LogP contribution in [-0.2, 0) is 5.21 Å². The summed E-state index contributed by atoms with van der Waals surface area (Å²) in [6.45, 7) is 1.99. The van der Waals surface area contributed by atoms with Crippen molar-refractivity contribution in [2.24, 2.45) is 0 Å². The first-order valence-corrected chi connectivity index (χ1v) is 9.89. The van der Waals surface area contributed by atoms with Crippen LogP contribution in [0.5, 0.6) is 17.2 Å². The Balaban J connectivity index is 2.36. The van der Waals surface area contributed by atoms with Gasteiger partial charge in [-0.1, -0.05) is 0 Å². The van der Waals surface area contributed by atoms with E-state index in [1.165, 1.54) is 5.56 Å². The van der Waals surface area contributed by atoms with Crippen molar-refractivity contribution >= 4 is 27.4 Å². The second-order valence-electron chi connectivity index (χ2n) is 4.41. The third-order valence-corrected chi connectivity index (χ3v) is 4.65. The van der Waals surface area contributed by atoms with E-state index in [4.69, 9.17) is 21.1 Å². The van der Waals surface area contributed by atoms with Gasteiger partial charge >= 0.3 is 132 Å². The van der Waals surface area contributed by atoms with Gasteiger partial charge in [-0.3, -0.25) is 0 Å². The number of hydrogen-bond acceptors (Lipinski definition) is 2. The summed E-state index contributed by atoms with van der Waals surface area (Å²) in [5.74, 6) is 2.47. The van der Waals surface area contributed by atoms with E-state index in [-0.39, 0.29) is 0 Å². The molecular formula is C16H17AsClO2. The fraction of sp³-hybridized carbons (Fsp3) is 0.250. The molecule has 0 atom stereocenters. The summed E-state index contributed by atoms with van der Waals surface area (Å²) >= 11 is 6.38. The van der Waals surface area contributed by atoms with E-state index in [9.17, 15) is 0 Å². The number of methoxy groups -OCH3 is 1. The van der Waals surface area contributed by atoms with Crippen LogP contribution in [0.15, 0.2) is 36.4 Å². The molecule has 0 saturated carbocycles. The summed E-state index contributed by atoms with van der Waals surface area (Å²) in [6.07, 6.45) is 0. The molecule has 1 radical (unpaired) electrons. The van der Waals surface area contributed by atoms with Gasteiger partial charge in [0.2, 0.25) is 0 Å². The van der Waals surface area contributed by atoms with Crippen molar-refractivity contribution in [3.8, 4) is 17.2 Å². The minimum atomic E-state index is 0.294. The van der Waals surface area contributed by atoms with Crippen molar-refractivity contribution in [2.45, 2.75) is 17.8 Å². The zero-order valence-electron chi connectivity index (χ0n) is 11.8. The van der Waals surface area contributed by atoms with Crippen molar-refractivity contribution in [1.82, 2.24) is 0 Å². The number of rotatable bonds is 5. The topological polar surface area (TPSA) is 18.5 Å². The molecule has 0 aliphatic carbocycles. The Morgan fingerprint density at radius 3 is 2.55 bits per heavy atom. The van der Waals surface area contributed by atoms with Crippen molar-refractivity contribution in [3.05, 3.63) is 52.5 Å². The molecule has 0 aliphatic rings. The van der Waals surface area contributed by atoms with Crippen molar-refractivity contribution in [3.63, 3.8) is 0 Å². The second kappa shape index (κ2) is 7.06. The van der Waals surface area contributed by atoms with Crippen LogP contribution in [0.4, 0.5) is 0 Å². The number of benzene rings is 2. The Morgan fingerprint density at radius 1 is 1.10 bits per heavy atom. The van der Waals surface area contributed by atoms with Crippen LogP contribution in [0.1, 0.15) is 11.1 Å². The first-order chi connectivity index (χ1) is 9.65. The first-order valence-electron chi connectivity index (χ1n) is 6.31. The fourth-order valence-electron chi connectivity index (χ4n) is 1.97. The van der Waals surface area contributed by atoms with Crippen LogP contribution in [0, 0.1) is 6.92 Å². The maximum absolute atomic E-state index is 6.08. The quantitative estimate of drug-likeness (QED) is 0.727. The minimum absolute atomic E-state index is 0.294. The number of ether oxygens (including phenoxy) is 2. The fourth-order valence-corrected chi connectivity index (χ4v) is 3.39. The monoisotopic (exact) mass is 351 g/mol. The van der Waals surface area contributed by atoms with Crippen molar-refractivity contribution in [2.75, 3.05) is 7.11 Å². The molecule has 20 heavy (non-hydrogen) atoms. The van der Waals surface area contributed by atoms with Gasteiger partial charge in [-0.05, 0) is 0 Å². The Morgan fingerprint density at radius 2 is 1.85 bits per heavy atom. The predicted molar refractivity (Wildman–Crippen MR) is 84.6 cm³/mol. The summed E-state index contributed by atoms with van der Waals surface area (Å²) < 4.78 is 11.4. The standard InChI is InChI=1S/C16H17AsClO2/c1-11-14(19-3)5-4-6-15(11)20-16-9-13(18)8-7-12(16)10-17-2/h4-9H,10H2,1-3H3. The van der Waals surface area contributed by atoms with Crippen molar-refractivity contribution in [1.29, 1.82) is 0 Å². The van der Waals surface area contributed by atoms with E-state index in [0.717, 1.165) is 28.0 Å². The van der Waals surface area contributed by atoms with Gasteiger partial charge in [0, 0.05) is 0 Å². The van der Waals surface area contributed by atoms with E-state index in [1.54, 1.807) is 7.11 Å². The van der Waals surface area contributed by atoms with E-state index in [0.29, 0.717) is 20.8 Å². The summed E-state index contributed by atoms with van der Waals surface area (Å²) in [4.78, 5) is 0. The molecule has 0 fully saturated rings. The number of hydrogen-bond donors (Lipinski definition) is 0. The van der Waals surface area contributed by atoms with Crippen LogP contribution in [0.25, 0.3) is 0 Å². The molecule has 2 nitrogen and oxygen atoms in total. The molecule has 0 amide bonds. The molecule has 0 heterocycles. The molecule has 2 aromatic rings. The molecule has 2 rings (SSSR count). The van der Waals surface area contributed by atoms with Crippen LogP contribution in [-0.4, -0.2) is 22.9 Å². The molecule has 4 heteroatoms. The Hall–Kier alpha value is -1.11. The van der Waals surface area contributed by atoms with Crippen LogP contribution < -0.4 is 9.47 Å². The van der Waals surface area contributed by atoms with E-state index in [2.05, 4.69) is 5.71 Å². The molecule has 0 aromatic heterocycles. The second-order valence-corrected chi connectivity index (χ2v) is 6.84. The van der Waals surface area contributed by atoms with E-state index in [1.807, 2.05) is 43.3 Å². The van der Waals surface area contributed by atoms with Gasteiger partial charge in [0.15, 0.2) is 0 Å². The molecule has 0 bridgehead atoms. The molecule has 0 N–H and O–H groups in total. The van der Waals surface area contributed by atoms with E-state index >= 15 is 0 Å².